The summed E-state index contributed by atoms with van der Waals surface area (Å²) in [5.74, 6) is -0.372. The molecule has 0 rings (SSSR count). The van der Waals surface area contributed by atoms with Crippen molar-refractivity contribution in [3.8, 4) is 0 Å². The number of rotatable bonds is 4. The highest BCUT2D eigenvalue weighted by molar-refractivity contribution is 7.78. The summed E-state index contributed by atoms with van der Waals surface area (Å²) < 4.78 is 4.87. The van der Waals surface area contributed by atoms with Gasteiger partial charge in [-0.1, -0.05) is 6.92 Å². The monoisotopic (exact) mass is 159 g/mol. The first kappa shape index (κ1) is 9.43. The van der Waals surface area contributed by atoms with Crippen molar-refractivity contribution < 1.29 is 9.53 Å². The van der Waals surface area contributed by atoms with Crippen LogP contribution in [0.25, 0.3) is 0 Å². The van der Waals surface area contributed by atoms with Crippen LogP contribution in [0.4, 0.5) is 0 Å². The zero-order valence-corrected chi connectivity index (χ0v) is 6.61. The van der Waals surface area contributed by atoms with Gasteiger partial charge in [0.1, 0.15) is 6.61 Å². The molecule has 0 bridgehead atoms. The number of aliphatic imine (C=N–C) groups is 1. The molecule has 0 fully saturated rings. The molecule has 0 heterocycles. The van der Waals surface area contributed by atoms with Crippen LogP contribution >= 0.6 is 12.2 Å². The first-order chi connectivity index (χ1) is 4.81. The first-order valence-corrected chi connectivity index (χ1v) is 3.40. The molecule has 0 saturated heterocycles. The normalized spacial score (nSPS) is 8.50. The zero-order chi connectivity index (χ0) is 7.82. The summed E-state index contributed by atoms with van der Waals surface area (Å²) in [5, 5.41) is 1.97. The van der Waals surface area contributed by atoms with Crippen molar-refractivity contribution in [2.24, 2.45) is 4.99 Å². The number of hydrogen-bond donors (Lipinski definition) is 0. The molecule has 4 heteroatoms. The van der Waals surface area contributed by atoms with E-state index in [2.05, 4.69) is 17.2 Å². The molecule has 0 saturated carbocycles. The van der Waals surface area contributed by atoms with E-state index in [9.17, 15) is 4.79 Å². The van der Waals surface area contributed by atoms with Crippen molar-refractivity contribution in [3.63, 3.8) is 0 Å². The molecule has 0 spiro atoms. The predicted octanol–water partition coefficient (Wildman–Crippen LogP) is 1.04. The predicted molar refractivity (Wildman–Crippen MR) is 41.1 cm³/mol. The summed E-state index contributed by atoms with van der Waals surface area (Å²) in [4.78, 5) is 13.7. The smallest absolute Gasteiger partial charge is 0.280 e. The molecule has 0 aromatic carbocycles. The minimum absolute atomic E-state index is 0.0114. The number of carbonyl (C=O) groups is 1. The van der Waals surface area contributed by atoms with Crippen molar-refractivity contribution in [2.75, 3.05) is 13.2 Å². The molecule has 0 atom stereocenters. The minimum Gasteiger partial charge on any atom is -0.372 e. The van der Waals surface area contributed by atoms with Crippen molar-refractivity contribution >= 4 is 23.3 Å². The van der Waals surface area contributed by atoms with Crippen molar-refractivity contribution in [1.82, 2.24) is 0 Å². The Labute approximate surface area is 65.1 Å². The maximum Gasteiger partial charge on any atom is 0.280 e. The lowest BCUT2D eigenvalue weighted by atomic mass is 10.5. The summed E-state index contributed by atoms with van der Waals surface area (Å²) in [6.07, 6.45) is 0.897. The van der Waals surface area contributed by atoms with Crippen LogP contribution in [0.1, 0.15) is 13.3 Å². The molecule has 0 radical (unpaired) electrons. The maximum atomic E-state index is 10.5. The fourth-order valence-electron chi connectivity index (χ4n) is 0.387. The van der Waals surface area contributed by atoms with Crippen LogP contribution in [-0.2, 0) is 9.53 Å². The van der Waals surface area contributed by atoms with Gasteiger partial charge in [0.2, 0.25) is 0 Å². The van der Waals surface area contributed by atoms with Crippen LogP contribution in [0.3, 0.4) is 0 Å². The summed E-state index contributed by atoms with van der Waals surface area (Å²) in [6.45, 7) is 2.56. The molecule has 0 unspecified atom stereocenters. The number of hydrogen-bond acceptors (Lipinski definition) is 3. The largest absolute Gasteiger partial charge is 0.372 e. The van der Waals surface area contributed by atoms with E-state index in [0.29, 0.717) is 6.61 Å². The molecular formula is C6H9NO2S. The van der Waals surface area contributed by atoms with Gasteiger partial charge in [-0.15, -0.1) is 0 Å². The van der Waals surface area contributed by atoms with Crippen LogP contribution < -0.4 is 0 Å². The van der Waals surface area contributed by atoms with E-state index < -0.39 is 0 Å². The van der Waals surface area contributed by atoms with Gasteiger partial charge in [0.15, 0.2) is 0 Å². The third kappa shape index (κ3) is 5.56. The van der Waals surface area contributed by atoms with Crippen molar-refractivity contribution in [2.45, 2.75) is 13.3 Å². The Bertz CT molecular complexity index is 152. The summed E-state index contributed by atoms with van der Waals surface area (Å²) in [7, 11) is 0. The zero-order valence-electron chi connectivity index (χ0n) is 5.79. The Morgan fingerprint density at radius 3 is 3.00 bits per heavy atom. The number of amides is 1. The number of nitrogens with zero attached hydrogens (tertiary/aromatic N) is 1. The van der Waals surface area contributed by atoms with Crippen LogP contribution in [0.5, 0.6) is 0 Å². The van der Waals surface area contributed by atoms with E-state index in [1.807, 2.05) is 12.1 Å². The molecule has 0 N–H and O–H groups in total. The molecule has 56 valence electrons. The van der Waals surface area contributed by atoms with Gasteiger partial charge in [-0.05, 0) is 18.6 Å². The average Bonchev–Trinajstić information content (AvgIpc) is 1.89. The van der Waals surface area contributed by atoms with Gasteiger partial charge in [-0.25, -0.2) is 0 Å². The third-order valence-electron chi connectivity index (χ3n) is 0.744. The highest BCUT2D eigenvalue weighted by atomic mass is 32.1. The fraction of sp³-hybridized carbons (Fsp3) is 0.667. The lowest BCUT2D eigenvalue weighted by molar-refractivity contribution is -0.122. The van der Waals surface area contributed by atoms with Crippen LogP contribution in [-0.4, -0.2) is 24.3 Å². The number of isothiocyanates is 1. The van der Waals surface area contributed by atoms with Gasteiger partial charge in [-0.3, -0.25) is 4.79 Å². The second-order valence-electron chi connectivity index (χ2n) is 1.65. The molecule has 0 aliphatic rings. The summed E-state index contributed by atoms with van der Waals surface area (Å²) >= 11 is 4.21. The van der Waals surface area contributed by atoms with E-state index in [-0.39, 0.29) is 12.5 Å². The lowest BCUT2D eigenvalue weighted by Gasteiger charge is -1.94. The van der Waals surface area contributed by atoms with Gasteiger partial charge in [0.05, 0.1) is 5.16 Å². The summed E-state index contributed by atoms with van der Waals surface area (Å²) in [6, 6.07) is 0. The van der Waals surface area contributed by atoms with E-state index in [4.69, 9.17) is 4.74 Å². The number of ether oxygens (including phenoxy) is 1. The highest BCUT2D eigenvalue weighted by Gasteiger charge is 1.95. The average molecular weight is 159 g/mol. The topological polar surface area (TPSA) is 38.7 Å². The lowest BCUT2D eigenvalue weighted by Crippen LogP contribution is -2.05. The van der Waals surface area contributed by atoms with Crippen LogP contribution in [0, 0.1) is 0 Å². The van der Waals surface area contributed by atoms with E-state index in [1.165, 1.54) is 0 Å². The standard InChI is InChI=1S/C6H9NO2S/c1-2-3-9-4-6(8)7-5-10/h2-4H2,1H3. The molecule has 3 nitrogen and oxygen atoms in total. The molecular weight excluding hydrogens is 150 g/mol. The Kier molecular flexibility index (Phi) is 6.18. The van der Waals surface area contributed by atoms with E-state index in [0.717, 1.165) is 6.42 Å². The first-order valence-electron chi connectivity index (χ1n) is 2.99. The Morgan fingerprint density at radius 2 is 2.50 bits per heavy atom. The Balaban J connectivity index is 3.31. The Morgan fingerprint density at radius 1 is 1.80 bits per heavy atom. The molecule has 0 aliphatic carbocycles. The van der Waals surface area contributed by atoms with Crippen molar-refractivity contribution in [3.05, 3.63) is 0 Å². The van der Waals surface area contributed by atoms with Gasteiger partial charge in [-0.2, -0.15) is 4.99 Å². The molecule has 0 aliphatic heterocycles. The Hall–Kier alpha value is -0.570. The van der Waals surface area contributed by atoms with Gasteiger partial charge >= 0.3 is 0 Å². The van der Waals surface area contributed by atoms with Gasteiger partial charge in [0.25, 0.3) is 5.91 Å². The molecule has 10 heavy (non-hydrogen) atoms. The minimum atomic E-state index is -0.372. The quantitative estimate of drug-likeness (QED) is 0.349. The van der Waals surface area contributed by atoms with Crippen LogP contribution in [0.15, 0.2) is 4.99 Å². The summed E-state index contributed by atoms with van der Waals surface area (Å²) in [5.41, 5.74) is 0. The molecule has 1 amide bonds. The second-order valence-corrected chi connectivity index (χ2v) is 1.83. The number of carbonyl (C=O) groups excluding carboxylic acids is 1. The second kappa shape index (κ2) is 6.55. The SMILES string of the molecule is CCCOCC(=O)N=C=S. The van der Waals surface area contributed by atoms with E-state index in [1.54, 1.807) is 0 Å². The fourth-order valence-corrected chi connectivity index (χ4v) is 0.489. The number of thiocarbonyl (C=S) groups is 1. The maximum absolute atomic E-state index is 10.5. The van der Waals surface area contributed by atoms with Gasteiger partial charge in [0, 0.05) is 6.61 Å². The van der Waals surface area contributed by atoms with Gasteiger partial charge < -0.3 is 4.74 Å². The molecule has 0 aromatic rings. The van der Waals surface area contributed by atoms with Crippen molar-refractivity contribution in [1.29, 1.82) is 0 Å². The van der Waals surface area contributed by atoms with Crippen LogP contribution in [0.2, 0.25) is 0 Å². The third-order valence-corrected chi connectivity index (χ3v) is 0.836. The van der Waals surface area contributed by atoms with E-state index >= 15 is 0 Å². The highest BCUT2D eigenvalue weighted by Crippen LogP contribution is 1.81. The molecule has 0 aromatic heterocycles.